The van der Waals surface area contributed by atoms with E-state index in [-0.39, 0.29) is 17.9 Å². The molecule has 1 amide bonds. The monoisotopic (exact) mass is 200 g/mol. The summed E-state index contributed by atoms with van der Waals surface area (Å²) in [6.07, 6.45) is 5.28. The van der Waals surface area contributed by atoms with Crippen molar-refractivity contribution in [2.75, 3.05) is 14.2 Å². The number of amides is 1. The summed E-state index contributed by atoms with van der Waals surface area (Å²) < 4.78 is 0. The smallest absolute Gasteiger partial charge is 0.250 e. The molecule has 0 bridgehead atoms. The molecule has 1 rings (SSSR count). The molecule has 1 aliphatic carbocycles. The highest BCUT2D eigenvalue weighted by atomic mass is 16.7. The first-order valence-electron chi connectivity index (χ1n) is 5.24. The molecule has 1 saturated carbocycles. The average Bonchev–Trinajstić information content (AvgIpc) is 2.40. The van der Waals surface area contributed by atoms with E-state index >= 15 is 0 Å². The zero-order valence-corrected chi connectivity index (χ0v) is 9.03. The zero-order valence-electron chi connectivity index (χ0n) is 9.03. The van der Waals surface area contributed by atoms with Gasteiger partial charge in [0.2, 0.25) is 0 Å². The molecule has 0 saturated heterocycles. The molecule has 0 aromatic heterocycles. The van der Waals surface area contributed by atoms with Gasteiger partial charge in [-0.05, 0) is 12.8 Å². The van der Waals surface area contributed by atoms with E-state index in [2.05, 4.69) is 0 Å². The van der Waals surface area contributed by atoms with Gasteiger partial charge in [0.1, 0.15) is 0 Å². The fourth-order valence-electron chi connectivity index (χ4n) is 1.97. The number of nitrogens with two attached hydrogens (primary N) is 1. The molecule has 0 heterocycles. The van der Waals surface area contributed by atoms with Crippen LogP contribution >= 0.6 is 0 Å². The van der Waals surface area contributed by atoms with Crippen molar-refractivity contribution in [3.05, 3.63) is 0 Å². The maximum Gasteiger partial charge on any atom is 0.250 e. The van der Waals surface area contributed by atoms with Crippen LogP contribution in [-0.2, 0) is 9.63 Å². The van der Waals surface area contributed by atoms with Crippen molar-refractivity contribution in [3.8, 4) is 0 Å². The van der Waals surface area contributed by atoms with Gasteiger partial charge in [0.15, 0.2) is 0 Å². The molecular weight excluding hydrogens is 180 g/mol. The quantitative estimate of drug-likeness (QED) is 0.532. The third-order valence-corrected chi connectivity index (χ3v) is 2.97. The average molecular weight is 200 g/mol. The summed E-state index contributed by atoms with van der Waals surface area (Å²) in [6.45, 7) is 0. The number of hydrogen-bond donors (Lipinski definition) is 1. The van der Waals surface area contributed by atoms with Gasteiger partial charge in [-0.25, -0.2) is 5.06 Å². The fourth-order valence-corrected chi connectivity index (χ4v) is 1.97. The topological polar surface area (TPSA) is 55.6 Å². The van der Waals surface area contributed by atoms with Gasteiger partial charge < -0.3 is 5.73 Å². The van der Waals surface area contributed by atoms with E-state index in [1.54, 1.807) is 7.05 Å². The minimum atomic E-state index is -0.0533. The summed E-state index contributed by atoms with van der Waals surface area (Å²) in [5, 5.41) is 1.29. The molecule has 14 heavy (non-hydrogen) atoms. The van der Waals surface area contributed by atoms with Gasteiger partial charge in [-0.15, -0.1) is 0 Å². The lowest BCUT2D eigenvalue weighted by Crippen LogP contribution is -2.41. The Bertz CT molecular complexity index is 197. The molecule has 0 radical (unpaired) electrons. The Balaban J connectivity index is 2.58. The van der Waals surface area contributed by atoms with E-state index in [4.69, 9.17) is 10.6 Å². The van der Waals surface area contributed by atoms with Crippen LogP contribution in [0.1, 0.15) is 32.1 Å². The second kappa shape index (κ2) is 5.32. The van der Waals surface area contributed by atoms with E-state index < -0.39 is 0 Å². The third-order valence-electron chi connectivity index (χ3n) is 2.97. The Labute approximate surface area is 85.3 Å². The maximum atomic E-state index is 11.8. The van der Waals surface area contributed by atoms with Crippen molar-refractivity contribution in [3.63, 3.8) is 0 Å². The SMILES string of the molecule is CON(C)C(=O)C1CCCCCC1N. The van der Waals surface area contributed by atoms with Crippen LogP contribution in [0.15, 0.2) is 0 Å². The molecular formula is C10H20N2O2. The van der Waals surface area contributed by atoms with Crippen LogP contribution in [0.4, 0.5) is 0 Å². The van der Waals surface area contributed by atoms with E-state index in [0.717, 1.165) is 25.7 Å². The first-order chi connectivity index (χ1) is 6.66. The Hall–Kier alpha value is -0.610. The van der Waals surface area contributed by atoms with Gasteiger partial charge in [0.05, 0.1) is 13.0 Å². The molecule has 0 aliphatic heterocycles. The van der Waals surface area contributed by atoms with Crippen molar-refractivity contribution in [2.45, 2.75) is 38.1 Å². The van der Waals surface area contributed by atoms with Gasteiger partial charge in [0.25, 0.3) is 5.91 Å². The lowest BCUT2D eigenvalue weighted by atomic mass is 9.95. The van der Waals surface area contributed by atoms with Crippen molar-refractivity contribution in [2.24, 2.45) is 11.7 Å². The molecule has 1 fully saturated rings. The van der Waals surface area contributed by atoms with Crippen LogP contribution in [0.5, 0.6) is 0 Å². The molecule has 2 N–H and O–H groups in total. The first kappa shape index (κ1) is 11.5. The Kier molecular flexibility index (Phi) is 4.35. The van der Waals surface area contributed by atoms with Crippen molar-refractivity contribution in [1.82, 2.24) is 5.06 Å². The number of carbonyl (C=O) groups excluding carboxylic acids is 1. The second-order valence-corrected chi connectivity index (χ2v) is 3.93. The number of hydrogen-bond acceptors (Lipinski definition) is 3. The predicted octanol–water partition coefficient (Wildman–Crippen LogP) is 0.914. The number of carbonyl (C=O) groups is 1. The highest BCUT2D eigenvalue weighted by Crippen LogP contribution is 2.23. The predicted molar refractivity (Wildman–Crippen MR) is 54.3 cm³/mol. The van der Waals surface area contributed by atoms with E-state index in [1.165, 1.54) is 18.6 Å². The fraction of sp³-hybridized carbons (Fsp3) is 0.900. The molecule has 2 unspecified atom stereocenters. The Morgan fingerprint density at radius 1 is 1.36 bits per heavy atom. The highest BCUT2D eigenvalue weighted by Gasteiger charge is 2.29. The van der Waals surface area contributed by atoms with Crippen LogP contribution in [-0.4, -0.2) is 31.2 Å². The van der Waals surface area contributed by atoms with Gasteiger partial charge in [0, 0.05) is 13.1 Å². The summed E-state index contributed by atoms with van der Waals surface area (Å²) in [4.78, 5) is 16.7. The normalized spacial score (nSPS) is 28.2. The van der Waals surface area contributed by atoms with Crippen molar-refractivity contribution < 1.29 is 9.63 Å². The number of hydroxylamine groups is 2. The van der Waals surface area contributed by atoms with Crippen LogP contribution in [0, 0.1) is 5.92 Å². The second-order valence-electron chi connectivity index (χ2n) is 3.93. The van der Waals surface area contributed by atoms with E-state index in [0.29, 0.717) is 0 Å². The molecule has 0 spiro atoms. The summed E-state index contributed by atoms with van der Waals surface area (Å²) in [5.74, 6) is -0.0376. The van der Waals surface area contributed by atoms with Crippen LogP contribution in [0.3, 0.4) is 0 Å². The minimum absolute atomic E-state index is 0.00241. The van der Waals surface area contributed by atoms with Crippen LogP contribution in [0.25, 0.3) is 0 Å². The molecule has 1 aliphatic rings. The van der Waals surface area contributed by atoms with E-state index in [9.17, 15) is 4.79 Å². The highest BCUT2D eigenvalue weighted by molar-refractivity contribution is 5.78. The zero-order chi connectivity index (χ0) is 10.6. The molecule has 4 nitrogen and oxygen atoms in total. The van der Waals surface area contributed by atoms with Crippen molar-refractivity contribution >= 4 is 5.91 Å². The Morgan fingerprint density at radius 3 is 2.64 bits per heavy atom. The minimum Gasteiger partial charge on any atom is -0.327 e. The van der Waals surface area contributed by atoms with Crippen LogP contribution in [0.2, 0.25) is 0 Å². The van der Waals surface area contributed by atoms with E-state index in [1.807, 2.05) is 0 Å². The van der Waals surface area contributed by atoms with Crippen LogP contribution < -0.4 is 5.73 Å². The first-order valence-corrected chi connectivity index (χ1v) is 5.24. The molecule has 0 aromatic rings. The standard InChI is InChI=1S/C10H20N2O2/c1-12(14-2)10(13)8-6-4-3-5-7-9(8)11/h8-9H,3-7,11H2,1-2H3. The van der Waals surface area contributed by atoms with Crippen molar-refractivity contribution in [1.29, 1.82) is 0 Å². The largest absolute Gasteiger partial charge is 0.327 e. The lowest BCUT2D eigenvalue weighted by molar-refractivity contribution is -0.174. The molecule has 0 aromatic carbocycles. The molecule has 2 atom stereocenters. The number of rotatable bonds is 2. The summed E-state index contributed by atoms with van der Waals surface area (Å²) in [6, 6.07) is 0.00241. The van der Waals surface area contributed by atoms with Gasteiger partial charge in [-0.1, -0.05) is 19.3 Å². The van der Waals surface area contributed by atoms with Gasteiger partial charge in [-0.3, -0.25) is 9.63 Å². The summed E-state index contributed by atoms with van der Waals surface area (Å²) in [5.41, 5.74) is 5.97. The van der Waals surface area contributed by atoms with Gasteiger partial charge >= 0.3 is 0 Å². The summed E-state index contributed by atoms with van der Waals surface area (Å²) >= 11 is 0. The number of nitrogens with zero attached hydrogens (tertiary/aromatic N) is 1. The molecule has 82 valence electrons. The molecule has 4 heteroatoms. The third kappa shape index (κ3) is 2.69. The lowest BCUT2D eigenvalue weighted by Gasteiger charge is -2.24. The summed E-state index contributed by atoms with van der Waals surface area (Å²) in [7, 11) is 3.14. The Morgan fingerprint density at radius 2 is 2.00 bits per heavy atom. The van der Waals surface area contributed by atoms with Gasteiger partial charge in [-0.2, -0.15) is 0 Å². The maximum absolute atomic E-state index is 11.8.